The van der Waals surface area contributed by atoms with Crippen molar-refractivity contribution in [2.24, 2.45) is 13.0 Å². The Labute approximate surface area is 118 Å². The van der Waals surface area contributed by atoms with E-state index in [4.69, 9.17) is 0 Å². The number of anilines is 1. The first-order chi connectivity index (χ1) is 8.84. The molecule has 7 heteroatoms. The monoisotopic (exact) mass is 339 g/mol. The Kier molecular flexibility index (Phi) is 4.13. The second kappa shape index (κ2) is 5.34. The lowest BCUT2D eigenvalue weighted by Crippen LogP contribution is -2.40. The molecular weight excluding hydrogens is 323 g/mol. The first kappa shape index (κ1) is 14.7. The Balaban J connectivity index is 2.14. The van der Waals surface area contributed by atoms with Crippen LogP contribution in [0.2, 0.25) is 0 Å². The molecule has 1 aliphatic rings. The zero-order valence-corrected chi connectivity index (χ0v) is 12.6. The predicted octanol–water partition coefficient (Wildman–Crippen LogP) is 3.40. The van der Waals surface area contributed by atoms with Crippen LogP contribution in [0.3, 0.4) is 0 Å². The van der Waals surface area contributed by atoms with Gasteiger partial charge in [-0.3, -0.25) is 4.68 Å². The third-order valence-corrected chi connectivity index (χ3v) is 4.26. The van der Waals surface area contributed by atoms with Gasteiger partial charge in [0.25, 0.3) is 0 Å². The first-order valence-electron chi connectivity index (χ1n) is 6.24. The summed E-state index contributed by atoms with van der Waals surface area (Å²) in [6.07, 6.45) is -3.74. The van der Waals surface area contributed by atoms with Gasteiger partial charge in [0.2, 0.25) is 0 Å². The van der Waals surface area contributed by atoms with E-state index in [1.54, 1.807) is 4.68 Å². The summed E-state index contributed by atoms with van der Waals surface area (Å²) in [5.74, 6) is -0.222. The van der Waals surface area contributed by atoms with Crippen molar-refractivity contribution in [1.29, 1.82) is 0 Å². The summed E-state index contributed by atoms with van der Waals surface area (Å²) < 4.78 is 39.7. The first-order valence-corrected chi connectivity index (χ1v) is 7.36. The maximum atomic E-state index is 12.7. The Morgan fingerprint density at radius 1 is 1.32 bits per heavy atom. The number of rotatable bonds is 2. The molecule has 3 nitrogen and oxygen atoms in total. The van der Waals surface area contributed by atoms with Gasteiger partial charge in [-0.1, -0.05) is 15.9 Å². The number of hydrogen-bond acceptors (Lipinski definition) is 2. The smallest absolute Gasteiger partial charge is 0.357 e. The molecule has 1 saturated heterocycles. The van der Waals surface area contributed by atoms with Crippen molar-refractivity contribution in [3.63, 3.8) is 0 Å². The van der Waals surface area contributed by atoms with Crippen molar-refractivity contribution < 1.29 is 13.2 Å². The summed E-state index contributed by atoms with van der Waals surface area (Å²) in [5.41, 5.74) is 1.99. The Hall–Kier alpha value is -0.720. The van der Waals surface area contributed by atoms with Gasteiger partial charge in [-0.2, -0.15) is 18.3 Å². The van der Waals surface area contributed by atoms with Crippen molar-refractivity contribution in [2.45, 2.75) is 31.3 Å². The van der Waals surface area contributed by atoms with E-state index >= 15 is 0 Å². The molecule has 0 radical (unpaired) electrons. The summed E-state index contributed by atoms with van der Waals surface area (Å²) in [7, 11) is 1.84. The molecule has 1 aliphatic heterocycles. The summed E-state index contributed by atoms with van der Waals surface area (Å²) in [5, 5.41) is 5.02. The van der Waals surface area contributed by atoms with E-state index in [-0.39, 0.29) is 12.8 Å². The third-order valence-electron chi connectivity index (χ3n) is 3.70. The van der Waals surface area contributed by atoms with Crippen LogP contribution < -0.4 is 4.90 Å². The van der Waals surface area contributed by atoms with Gasteiger partial charge in [-0.05, 0) is 19.8 Å². The van der Waals surface area contributed by atoms with Gasteiger partial charge >= 0.3 is 6.18 Å². The highest BCUT2D eigenvalue weighted by molar-refractivity contribution is 9.08. The van der Waals surface area contributed by atoms with Crippen LogP contribution in [0, 0.1) is 12.8 Å². The van der Waals surface area contributed by atoms with Crippen LogP contribution in [0.5, 0.6) is 0 Å². The number of aromatic nitrogens is 2. The van der Waals surface area contributed by atoms with Crippen LogP contribution in [0.4, 0.5) is 19.0 Å². The van der Waals surface area contributed by atoms with Gasteiger partial charge in [0, 0.05) is 31.0 Å². The molecule has 0 aliphatic carbocycles. The van der Waals surface area contributed by atoms with E-state index in [2.05, 4.69) is 21.0 Å². The number of nitrogens with zero attached hydrogens (tertiary/aromatic N) is 3. The molecule has 1 aromatic rings. The molecule has 0 amide bonds. The predicted molar refractivity (Wildman–Crippen MR) is 71.6 cm³/mol. The average Bonchev–Trinajstić information content (AvgIpc) is 2.62. The van der Waals surface area contributed by atoms with Gasteiger partial charge in [-0.25, -0.2) is 0 Å². The molecule has 0 atom stereocenters. The van der Waals surface area contributed by atoms with Crippen LogP contribution in [-0.2, 0) is 12.4 Å². The molecule has 1 aromatic heterocycles. The van der Waals surface area contributed by atoms with Crippen LogP contribution in [0.15, 0.2) is 0 Å². The highest BCUT2D eigenvalue weighted by atomic mass is 79.9. The number of aryl methyl sites for hydroxylation is 2. The molecule has 0 bridgehead atoms. The minimum absolute atomic E-state index is 0.162. The van der Waals surface area contributed by atoms with E-state index in [1.807, 2.05) is 18.9 Å². The number of alkyl halides is 4. The van der Waals surface area contributed by atoms with Gasteiger partial charge in [0.05, 0.1) is 11.6 Å². The second-order valence-corrected chi connectivity index (χ2v) is 5.51. The summed E-state index contributed by atoms with van der Waals surface area (Å²) in [6.45, 7) is 2.79. The van der Waals surface area contributed by atoms with Gasteiger partial charge in [-0.15, -0.1) is 0 Å². The van der Waals surface area contributed by atoms with E-state index < -0.39 is 12.1 Å². The second-order valence-electron chi connectivity index (χ2n) is 4.95. The van der Waals surface area contributed by atoms with E-state index in [9.17, 15) is 13.2 Å². The third kappa shape index (κ3) is 2.90. The molecule has 108 valence electrons. The molecule has 0 unspecified atom stereocenters. The minimum atomic E-state index is -4.06. The fourth-order valence-corrected chi connectivity index (χ4v) is 3.32. The summed E-state index contributed by atoms with van der Waals surface area (Å²) in [4.78, 5) is 2.01. The molecule has 0 N–H and O–H groups in total. The van der Waals surface area contributed by atoms with Crippen molar-refractivity contribution in [3.05, 3.63) is 11.3 Å². The Morgan fingerprint density at radius 3 is 2.37 bits per heavy atom. The van der Waals surface area contributed by atoms with E-state index in [0.717, 1.165) is 17.1 Å². The zero-order valence-electron chi connectivity index (χ0n) is 11.0. The fraction of sp³-hybridized carbons (Fsp3) is 0.750. The Bertz CT molecular complexity index is 448. The molecule has 2 heterocycles. The topological polar surface area (TPSA) is 21.1 Å². The van der Waals surface area contributed by atoms with E-state index in [0.29, 0.717) is 18.4 Å². The molecule has 0 spiro atoms. The van der Waals surface area contributed by atoms with Gasteiger partial charge in [0.15, 0.2) is 0 Å². The zero-order chi connectivity index (χ0) is 14.2. The standard InChI is InChI=1S/C12H17BrF3N3/c1-8-10(7-13)11(18(2)17-8)19-5-3-9(4-6-19)12(14,15)16/h9H,3-7H2,1-2H3. The van der Waals surface area contributed by atoms with Crippen LogP contribution in [-0.4, -0.2) is 29.0 Å². The summed E-state index contributed by atoms with van der Waals surface area (Å²) >= 11 is 3.42. The maximum Gasteiger partial charge on any atom is 0.391 e. The lowest BCUT2D eigenvalue weighted by molar-refractivity contribution is -0.179. The van der Waals surface area contributed by atoms with Crippen molar-refractivity contribution in [1.82, 2.24) is 9.78 Å². The molecule has 2 rings (SSSR count). The summed E-state index contributed by atoms with van der Waals surface area (Å²) in [6, 6.07) is 0. The highest BCUT2D eigenvalue weighted by Crippen LogP contribution is 2.36. The fourth-order valence-electron chi connectivity index (χ4n) is 2.66. The lowest BCUT2D eigenvalue weighted by Gasteiger charge is -2.34. The van der Waals surface area contributed by atoms with Crippen LogP contribution in [0.1, 0.15) is 24.1 Å². The molecule has 1 fully saturated rings. The highest BCUT2D eigenvalue weighted by Gasteiger charge is 2.41. The largest absolute Gasteiger partial charge is 0.391 e. The van der Waals surface area contributed by atoms with Crippen molar-refractivity contribution in [2.75, 3.05) is 18.0 Å². The molecule has 19 heavy (non-hydrogen) atoms. The SMILES string of the molecule is Cc1nn(C)c(N2CCC(C(F)(F)F)CC2)c1CBr. The van der Waals surface area contributed by atoms with Crippen molar-refractivity contribution in [3.8, 4) is 0 Å². The average molecular weight is 340 g/mol. The Morgan fingerprint density at radius 2 is 1.89 bits per heavy atom. The number of piperidine rings is 1. The van der Waals surface area contributed by atoms with Crippen molar-refractivity contribution >= 4 is 21.7 Å². The van der Waals surface area contributed by atoms with Gasteiger partial charge < -0.3 is 4.90 Å². The quantitative estimate of drug-likeness (QED) is 0.770. The van der Waals surface area contributed by atoms with E-state index in [1.165, 1.54) is 0 Å². The molecule has 0 saturated carbocycles. The van der Waals surface area contributed by atoms with Gasteiger partial charge in [0.1, 0.15) is 5.82 Å². The number of hydrogen-bond donors (Lipinski definition) is 0. The minimum Gasteiger partial charge on any atom is -0.357 e. The normalized spacial score (nSPS) is 18.1. The molecule has 0 aromatic carbocycles. The van der Waals surface area contributed by atoms with Crippen LogP contribution in [0.25, 0.3) is 0 Å². The number of halogens is 4. The maximum absolute atomic E-state index is 12.7. The molecular formula is C12H17BrF3N3. The lowest BCUT2D eigenvalue weighted by atomic mass is 9.96. The van der Waals surface area contributed by atoms with Crippen LogP contribution >= 0.6 is 15.9 Å².